The maximum absolute atomic E-state index is 5.74. The van der Waals surface area contributed by atoms with E-state index in [2.05, 4.69) is 57.2 Å². The molecule has 3 nitrogen and oxygen atoms in total. The largest absolute Gasteiger partial charge is 0.496 e. The van der Waals surface area contributed by atoms with Crippen LogP contribution in [0.4, 0.5) is 0 Å². The molecule has 2 rings (SSSR count). The lowest BCUT2D eigenvalue weighted by atomic mass is 10.1. The van der Waals surface area contributed by atoms with Crippen molar-refractivity contribution < 1.29 is 4.74 Å². The zero-order valence-electron chi connectivity index (χ0n) is 12.3. The quantitative estimate of drug-likeness (QED) is 0.833. The number of nitrogens with two attached hydrogens (primary N) is 1. The highest BCUT2D eigenvalue weighted by molar-refractivity contribution is 9.10. The van der Waals surface area contributed by atoms with Gasteiger partial charge in [-0.25, -0.2) is 0 Å². The van der Waals surface area contributed by atoms with Crippen LogP contribution in [-0.4, -0.2) is 25.1 Å². The molecule has 112 valence electrons. The van der Waals surface area contributed by atoms with E-state index in [9.17, 15) is 0 Å². The summed E-state index contributed by atoms with van der Waals surface area (Å²) in [5.41, 5.74) is 8.29. The molecule has 0 saturated carbocycles. The van der Waals surface area contributed by atoms with E-state index < -0.39 is 0 Å². The number of rotatable bonds is 7. The SMILES string of the molecule is COc1ccc(CN(CCN)Cc2ccccc2)cc1Br. The Bertz CT molecular complexity index is 560. The van der Waals surface area contributed by atoms with E-state index in [4.69, 9.17) is 10.5 Å². The van der Waals surface area contributed by atoms with Crippen molar-refractivity contribution in [1.82, 2.24) is 4.90 Å². The van der Waals surface area contributed by atoms with E-state index in [1.54, 1.807) is 7.11 Å². The maximum Gasteiger partial charge on any atom is 0.133 e. The van der Waals surface area contributed by atoms with Crippen molar-refractivity contribution in [1.29, 1.82) is 0 Å². The van der Waals surface area contributed by atoms with Crippen LogP contribution in [0.3, 0.4) is 0 Å². The molecule has 0 aliphatic heterocycles. The zero-order chi connectivity index (χ0) is 15.1. The lowest BCUT2D eigenvalue weighted by molar-refractivity contribution is 0.264. The summed E-state index contributed by atoms with van der Waals surface area (Å²) in [6.07, 6.45) is 0. The van der Waals surface area contributed by atoms with E-state index in [0.717, 1.165) is 29.9 Å². The Labute approximate surface area is 134 Å². The van der Waals surface area contributed by atoms with E-state index >= 15 is 0 Å². The van der Waals surface area contributed by atoms with Crippen LogP contribution in [0, 0.1) is 0 Å². The van der Waals surface area contributed by atoms with Crippen LogP contribution < -0.4 is 10.5 Å². The number of halogens is 1. The van der Waals surface area contributed by atoms with E-state index in [0.29, 0.717) is 6.54 Å². The van der Waals surface area contributed by atoms with Crippen LogP contribution in [0.1, 0.15) is 11.1 Å². The molecule has 21 heavy (non-hydrogen) atoms. The molecule has 0 bridgehead atoms. The topological polar surface area (TPSA) is 38.5 Å². The van der Waals surface area contributed by atoms with Gasteiger partial charge in [-0.1, -0.05) is 36.4 Å². The number of methoxy groups -OCH3 is 1. The third-order valence-electron chi connectivity index (χ3n) is 3.32. The summed E-state index contributed by atoms with van der Waals surface area (Å²) in [5.74, 6) is 0.854. The minimum absolute atomic E-state index is 0.657. The fraction of sp³-hybridized carbons (Fsp3) is 0.294. The summed E-state index contributed by atoms with van der Waals surface area (Å²) in [6.45, 7) is 3.30. The van der Waals surface area contributed by atoms with E-state index in [1.807, 2.05) is 12.1 Å². The highest BCUT2D eigenvalue weighted by atomic mass is 79.9. The van der Waals surface area contributed by atoms with Crippen LogP contribution in [0.5, 0.6) is 5.75 Å². The van der Waals surface area contributed by atoms with Crippen LogP contribution in [-0.2, 0) is 13.1 Å². The molecule has 0 radical (unpaired) electrons. The van der Waals surface area contributed by atoms with Gasteiger partial charge in [-0.2, -0.15) is 0 Å². The monoisotopic (exact) mass is 348 g/mol. The molecule has 2 aromatic rings. The van der Waals surface area contributed by atoms with Crippen LogP contribution in [0.2, 0.25) is 0 Å². The maximum atomic E-state index is 5.74. The van der Waals surface area contributed by atoms with Crippen LogP contribution in [0.15, 0.2) is 53.0 Å². The summed E-state index contributed by atoms with van der Waals surface area (Å²) in [6, 6.07) is 16.7. The van der Waals surface area contributed by atoms with Gasteiger partial charge in [-0.3, -0.25) is 4.90 Å². The number of hydrogen-bond donors (Lipinski definition) is 1. The lowest BCUT2D eigenvalue weighted by Crippen LogP contribution is -2.28. The molecule has 0 saturated heterocycles. The number of nitrogens with zero attached hydrogens (tertiary/aromatic N) is 1. The van der Waals surface area contributed by atoms with Gasteiger partial charge in [-0.15, -0.1) is 0 Å². The molecule has 0 aliphatic carbocycles. The molecule has 0 aliphatic rings. The Balaban J connectivity index is 2.07. The van der Waals surface area contributed by atoms with Gasteiger partial charge in [0, 0.05) is 26.2 Å². The Morgan fingerprint density at radius 2 is 1.76 bits per heavy atom. The first kappa shape index (κ1) is 16.0. The van der Waals surface area contributed by atoms with Gasteiger partial charge in [-0.05, 0) is 39.2 Å². The first-order valence-corrected chi connectivity index (χ1v) is 7.81. The first-order valence-electron chi connectivity index (χ1n) is 7.01. The molecule has 0 fully saturated rings. The summed E-state index contributed by atoms with van der Waals surface area (Å²) >= 11 is 3.53. The lowest BCUT2D eigenvalue weighted by Gasteiger charge is -2.22. The minimum Gasteiger partial charge on any atom is -0.496 e. The molecule has 0 amide bonds. The van der Waals surface area contributed by atoms with Crippen LogP contribution >= 0.6 is 15.9 Å². The minimum atomic E-state index is 0.657. The fourth-order valence-electron chi connectivity index (χ4n) is 2.30. The van der Waals surface area contributed by atoms with Gasteiger partial charge in [0.15, 0.2) is 0 Å². The van der Waals surface area contributed by atoms with Crippen molar-refractivity contribution in [3.05, 3.63) is 64.1 Å². The third kappa shape index (κ3) is 4.84. The molecule has 0 spiro atoms. The van der Waals surface area contributed by atoms with Gasteiger partial charge < -0.3 is 10.5 Å². The van der Waals surface area contributed by atoms with Gasteiger partial charge in [0.05, 0.1) is 11.6 Å². The summed E-state index contributed by atoms with van der Waals surface area (Å²) in [4.78, 5) is 2.35. The van der Waals surface area contributed by atoms with Crippen molar-refractivity contribution >= 4 is 15.9 Å². The Morgan fingerprint density at radius 3 is 2.38 bits per heavy atom. The van der Waals surface area contributed by atoms with Gasteiger partial charge in [0.25, 0.3) is 0 Å². The highest BCUT2D eigenvalue weighted by Crippen LogP contribution is 2.26. The van der Waals surface area contributed by atoms with E-state index in [-0.39, 0.29) is 0 Å². The summed E-state index contributed by atoms with van der Waals surface area (Å²) in [7, 11) is 1.68. The molecule has 2 N–H and O–H groups in total. The predicted octanol–water partition coefficient (Wildman–Crippen LogP) is 3.42. The first-order chi connectivity index (χ1) is 10.2. The van der Waals surface area contributed by atoms with Gasteiger partial charge in [0.2, 0.25) is 0 Å². The predicted molar refractivity (Wildman–Crippen MR) is 90.3 cm³/mol. The average molecular weight is 349 g/mol. The zero-order valence-corrected chi connectivity index (χ0v) is 13.8. The number of hydrogen-bond acceptors (Lipinski definition) is 3. The Kier molecular flexibility index (Phi) is 6.23. The second-order valence-corrected chi connectivity index (χ2v) is 5.81. The van der Waals surface area contributed by atoms with Crippen molar-refractivity contribution in [3.8, 4) is 5.75 Å². The second kappa shape index (κ2) is 8.17. The summed E-state index contributed by atoms with van der Waals surface area (Å²) < 4.78 is 6.25. The molecule has 4 heteroatoms. The summed E-state index contributed by atoms with van der Waals surface area (Å²) in [5, 5.41) is 0. The van der Waals surface area contributed by atoms with Crippen molar-refractivity contribution in [3.63, 3.8) is 0 Å². The van der Waals surface area contributed by atoms with Crippen molar-refractivity contribution in [2.24, 2.45) is 5.73 Å². The smallest absolute Gasteiger partial charge is 0.133 e. The van der Waals surface area contributed by atoms with Crippen LogP contribution in [0.25, 0.3) is 0 Å². The van der Waals surface area contributed by atoms with Gasteiger partial charge in [0.1, 0.15) is 5.75 Å². The number of ether oxygens (including phenoxy) is 1. The van der Waals surface area contributed by atoms with Crippen molar-refractivity contribution in [2.75, 3.05) is 20.2 Å². The third-order valence-corrected chi connectivity index (χ3v) is 3.94. The van der Waals surface area contributed by atoms with Crippen molar-refractivity contribution in [2.45, 2.75) is 13.1 Å². The number of benzene rings is 2. The highest BCUT2D eigenvalue weighted by Gasteiger charge is 2.08. The Hall–Kier alpha value is -1.36. The fourth-order valence-corrected chi connectivity index (χ4v) is 2.89. The van der Waals surface area contributed by atoms with Gasteiger partial charge >= 0.3 is 0 Å². The molecule has 0 aromatic heterocycles. The molecular formula is C17H21BrN2O. The average Bonchev–Trinajstić information content (AvgIpc) is 2.49. The normalized spacial score (nSPS) is 10.9. The van der Waals surface area contributed by atoms with E-state index in [1.165, 1.54) is 11.1 Å². The molecule has 2 aromatic carbocycles. The standard InChI is InChI=1S/C17H21BrN2O/c1-21-17-8-7-15(11-16(17)18)13-20(10-9-19)12-14-5-3-2-4-6-14/h2-8,11H,9-10,12-13,19H2,1H3. The molecule has 0 heterocycles. The second-order valence-electron chi connectivity index (χ2n) is 4.95. The molecule has 0 atom stereocenters. The Morgan fingerprint density at radius 1 is 1.05 bits per heavy atom. The molecular weight excluding hydrogens is 328 g/mol. The molecule has 0 unspecified atom stereocenters.